The lowest BCUT2D eigenvalue weighted by atomic mass is 10.1. The molecule has 0 saturated carbocycles. The molecule has 3 aromatic rings. The molecule has 4 rings (SSSR count). The zero-order valence-electron chi connectivity index (χ0n) is 18.4. The Labute approximate surface area is 192 Å². The molecule has 0 spiro atoms. The summed E-state index contributed by atoms with van der Waals surface area (Å²) in [5, 5.41) is 10.6. The maximum Gasteiger partial charge on any atom is 0.233 e. The number of rotatable bonds is 7. The van der Waals surface area contributed by atoms with E-state index in [4.69, 9.17) is 9.72 Å². The summed E-state index contributed by atoms with van der Waals surface area (Å²) in [5.41, 5.74) is 3.00. The zero-order chi connectivity index (χ0) is 22.5. The minimum atomic E-state index is -0.322. The summed E-state index contributed by atoms with van der Waals surface area (Å²) in [6.45, 7) is 5.50. The largest absolute Gasteiger partial charge is 0.497 e. The lowest BCUT2D eigenvalue weighted by Crippen LogP contribution is -2.50. The second-order valence-electron chi connectivity index (χ2n) is 7.64. The average Bonchev–Trinajstić information content (AvgIpc) is 3.21. The molecule has 0 aliphatic carbocycles. The standard InChI is InChI=1S/C24H27N5O2S/c1-3-29-21-7-5-4-6-20(21)26-24(29)32-17-23(30)28-14-12-27(13-15-28)22(16-25)18-8-10-19(31-2)11-9-18/h4-11,22H,3,12-15,17H2,1-2H3. The lowest BCUT2D eigenvalue weighted by molar-refractivity contribution is -0.130. The van der Waals surface area contributed by atoms with E-state index in [1.165, 1.54) is 11.8 Å². The van der Waals surface area contributed by atoms with Crippen molar-refractivity contribution in [2.45, 2.75) is 24.7 Å². The molecule has 1 amide bonds. The number of carbonyl (C=O) groups excluding carboxylic acids is 1. The predicted octanol–water partition coefficient (Wildman–Crippen LogP) is 3.57. The molecular formula is C24H27N5O2S. The first-order chi connectivity index (χ1) is 15.6. The molecule has 166 valence electrons. The molecule has 2 heterocycles. The van der Waals surface area contributed by atoms with Crippen LogP contribution in [0.3, 0.4) is 0 Å². The maximum atomic E-state index is 12.8. The van der Waals surface area contributed by atoms with E-state index < -0.39 is 0 Å². The third kappa shape index (κ3) is 4.59. The Morgan fingerprint density at radius 1 is 1.16 bits per heavy atom. The number of carbonyl (C=O) groups is 1. The molecule has 1 aliphatic heterocycles. The van der Waals surface area contributed by atoms with Crippen molar-refractivity contribution in [3.63, 3.8) is 0 Å². The van der Waals surface area contributed by atoms with Crippen LogP contribution in [0.1, 0.15) is 18.5 Å². The van der Waals surface area contributed by atoms with Gasteiger partial charge in [-0.25, -0.2) is 4.98 Å². The number of aromatic nitrogens is 2. The number of piperazine rings is 1. The number of nitriles is 1. The van der Waals surface area contributed by atoms with E-state index in [0.29, 0.717) is 31.9 Å². The Morgan fingerprint density at radius 2 is 1.88 bits per heavy atom. The number of para-hydroxylation sites is 2. The van der Waals surface area contributed by atoms with Crippen molar-refractivity contribution in [2.75, 3.05) is 39.0 Å². The normalized spacial score (nSPS) is 15.5. The van der Waals surface area contributed by atoms with Crippen LogP contribution in [0.4, 0.5) is 0 Å². The van der Waals surface area contributed by atoms with E-state index in [1.807, 2.05) is 47.4 Å². The van der Waals surface area contributed by atoms with Gasteiger partial charge >= 0.3 is 0 Å². The second-order valence-corrected chi connectivity index (χ2v) is 8.58. The fourth-order valence-electron chi connectivity index (χ4n) is 4.07. The molecule has 8 heteroatoms. The van der Waals surface area contributed by atoms with Crippen LogP contribution in [0.5, 0.6) is 5.75 Å². The molecule has 1 saturated heterocycles. The smallest absolute Gasteiger partial charge is 0.233 e. The zero-order valence-corrected chi connectivity index (χ0v) is 19.2. The van der Waals surface area contributed by atoms with E-state index in [-0.39, 0.29) is 11.9 Å². The molecule has 1 aliphatic rings. The number of hydrogen-bond acceptors (Lipinski definition) is 6. The van der Waals surface area contributed by atoms with Gasteiger partial charge in [0.25, 0.3) is 0 Å². The molecular weight excluding hydrogens is 422 g/mol. The molecule has 1 unspecified atom stereocenters. The van der Waals surface area contributed by atoms with Gasteiger partial charge in [-0.15, -0.1) is 0 Å². The van der Waals surface area contributed by atoms with E-state index in [2.05, 4.69) is 28.5 Å². The molecule has 0 bridgehead atoms. The number of thioether (sulfide) groups is 1. The average molecular weight is 450 g/mol. The van der Waals surface area contributed by atoms with Gasteiger partial charge < -0.3 is 14.2 Å². The predicted molar refractivity (Wildman–Crippen MR) is 126 cm³/mol. The lowest BCUT2D eigenvalue weighted by Gasteiger charge is -2.37. The van der Waals surface area contributed by atoms with E-state index >= 15 is 0 Å². The number of methoxy groups -OCH3 is 1. The van der Waals surface area contributed by atoms with Gasteiger partial charge in [0.05, 0.1) is 30.0 Å². The highest BCUT2D eigenvalue weighted by atomic mass is 32.2. The van der Waals surface area contributed by atoms with Gasteiger partial charge in [-0.3, -0.25) is 9.69 Å². The van der Waals surface area contributed by atoms with Gasteiger partial charge in [0.15, 0.2) is 5.16 Å². The highest BCUT2D eigenvalue weighted by Gasteiger charge is 2.27. The fraction of sp³-hybridized carbons (Fsp3) is 0.375. The Bertz CT molecular complexity index is 1110. The molecule has 32 heavy (non-hydrogen) atoms. The summed E-state index contributed by atoms with van der Waals surface area (Å²) in [6.07, 6.45) is 0. The first kappa shape index (κ1) is 22.2. The number of ether oxygens (including phenoxy) is 1. The third-order valence-corrected chi connectivity index (χ3v) is 6.81. The third-order valence-electron chi connectivity index (χ3n) is 5.85. The van der Waals surface area contributed by atoms with Crippen LogP contribution in [0.2, 0.25) is 0 Å². The summed E-state index contributed by atoms with van der Waals surface area (Å²) in [6, 6.07) is 17.8. The fourth-order valence-corrected chi connectivity index (χ4v) is 5.05. The Kier molecular flexibility index (Phi) is 6.98. The van der Waals surface area contributed by atoms with Crippen molar-refractivity contribution >= 4 is 28.7 Å². The minimum absolute atomic E-state index is 0.113. The van der Waals surface area contributed by atoms with Gasteiger partial charge in [0, 0.05) is 32.7 Å². The first-order valence-corrected chi connectivity index (χ1v) is 11.8. The van der Waals surface area contributed by atoms with E-state index in [0.717, 1.165) is 34.0 Å². The molecule has 1 fully saturated rings. The quantitative estimate of drug-likeness (QED) is 0.514. The Hall–Kier alpha value is -3.02. The number of fused-ring (bicyclic) bond motifs is 1. The highest BCUT2D eigenvalue weighted by Crippen LogP contribution is 2.26. The van der Waals surface area contributed by atoms with Crippen LogP contribution in [0.15, 0.2) is 53.7 Å². The minimum Gasteiger partial charge on any atom is -0.497 e. The number of aryl methyl sites for hydroxylation is 1. The monoisotopic (exact) mass is 449 g/mol. The van der Waals surface area contributed by atoms with Crippen molar-refractivity contribution in [3.8, 4) is 11.8 Å². The van der Waals surface area contributed by atoms with Crippen LogP contribution in [-0.2, 0) is 11.3 Å². The SMILES string of the molecule is CCn1c(SCC(=O)N2CCN(C(C#N)c3ccc(OC)cc3)CC2)nc2ccccc21. The van der Waals surface area contributed by atoms with Crippen molar-refractivity contribution in [3.05, 3.63) is 54.1 Å². The first-order valence-electron chi connectivity index (χ1n) is 10.8. The Balaban J connectivity index is 1.34. The van der Waals surface area contributed by atoms with Crippen LogP contribution < -0.4 is 4.74 Å². The van der Waals surface area contributed by atoms with Crippen LogP contribution in [-0.4, -0.2) is 64.3 Å². The summed E-state index contributed by atoms with van der Waals surface area (Å²) in [4.78, 5) is 21.6. The number of amides is 1. The molecule has 1 aromatic heterocycles. The van der Waals surface area contributed by atoms with Crippen molar-refractivity contribution < 1.29 is 9.53 Å². The number of nitrogens with zero attached hydrogens (tertiary/aromatic N) is 5. The van der Waals surface area contributed by atoms with Crippen LogP contribution in [0.25, 0.3) is 11.0 Å². The van der Waals surface area contributed by atoms with Gasteiger partial charge in [-0.2, -0.15) is 5.26 Å². The second kappa shape index (κ2) is 10.1. The van der Waals surface area contributed by atoms with Gasteiger partial charge in [0.2, 0.25) is 5.91 Å². The van der Waals surface area contributed by atoms with Gasteiger partial charge in [0.1, 0.15) is 11.8 Å². The number of imidazole rings is 1. The van der Waals surface area contributed by atoms with Crippen LogP contribution in [0, 0.1) is 11.3 Å². The van der Waals surface area contributed by atoms with Crippen molar-refractivity contribution in [2.24, 2.45) is 0 Å². The van der Waals surface area contributed by atoms with Crippen molar-refractivity contribution in [1.29, 1.82) is 5.26 Å². The highest BCUT2D eigenvalue weighted by molar-refractivity contribution is 7.99. The molecule has 0 radical (unpaired) electrons. The maximum absolute atomic E-state index is 12.8. The number of benzene rings is 2. The molecule has 2 aromatic carbocycles. The summed E-state index contributed by atoms with van der Waals surface area (Å²) in [7, 11) is 1.63. The molecule has 0 N–H and O–H groups in total. The topological polar surface area (TPSA) is 74.4 Å². The summed E-state index contributed by atoms with van der Waals surface area (Å²) >= 11 is 1.49. The summed E-state index contributed by atoms with van der Waals surface area (Å²) in [5.74, 6) is 1.25. The van der Waals surface area contributed by atoms with Crippen LogP contribution >= 0.6 is 11.8 Å². The molecule has 1 atom stereocenters. The van der Waals surface area contributed by atoms with E-state index in [1.54, 1.807) is 7.11 Å². The van der Waals surface area contributed by atoms with Crippen molar-refractivity contribution in [1.82, 2.24) is 19.4 Å². The van der Waals surface area contributed by atoms with Gasteiger partial charge in [-0.05, 0) is 36.8 Å². The summed E-state index contributed by atoms with van der Waals surface area (Å²) < 4.78 is 7.36. The Morgan fingerprint density at radius 3 is 2.53 bits per heavy atom. The molecule has 7 nitrogen and oxygen atoms in total. The van der Waals surface area contributed by atoms with Gasteiger partial charge in [-0.1, -0.05) is 36.0 Å². The van der Waals surface area contributed by atoms with E-state index in [9.17, 15) is 10.1 Å². The number of hydrogen-bond donors (Lipinski definition) is 0.